The molecule has 17 heavy (non-hydrogen) atoms. The van der Waals surface area contributed by atoms with E-state index in [1.807, 2.05) is 0 Å². The number of hydrogen-bond acceptors (Lipinski definition) is 4. The highest BCUT2D eigenvalue weighted by molar-refractivity contribution is 6.40. The molecule has 0 bridgehead atoms. The monoisotopic (exact) mass is 256 g/mol. The number of carboxylic acid groups (broad SMARTS) is 1. The van der Waals surface area contributed by atoms with Gasteiger partial charge in [0, 0.05) is 0 Å². The van der Waals surface area contributed by atoms with Crippen molar-refractivity contribution >= 4 is 23.9 Å². The predicted molar refractivity (Wildman–Crippen MR) is 60.2 cm³/mol. The number of carbonyl (C=O) groups is 2. The van der Waals surface area contributed by atoms with Crippen LogP contribution in [0.15, 0.2) is 35.1 Å². The van der Waals surface area contributed by atoms with E-state index >= 15 is 0 Å². The number of rotatable bonds is 5. The Hall–Kier alpha value is -2.01. The van der Waals surface area contributed by atoms with Gasteiger partial charge in [-0.3, -0.25) is 4.79 Å². The van der Waals surface area contributed by atoms with Gasteiger partial charge >= 0.3 is 5.97 Å². The summed E-state index contributed by atoms with van der Waals surface area (Å²) in [5.74, 6) is -1.20. The second-order valence-electron chi connectivity index (χ2n) is 2.88. The molecule has 1 rings (SSSR count). The Morgan fingerprint density at radius 1 is 1.29 bits per heavy atom. The number of carboxylic acids is 1. The average molecular weight is 257 g/mol. The zero-order valence-corrected chi connectivity index (χ0v) is 9.60. The molecular formula is C11H9ClO5. The zero-order valence-electron chi connectivity index (χ0n) is 8.84. The number of benzene rings is 1. The van der Waals surface area contributed by atoms with E-state index in [-0.39, 0.29) is 12.0 Å². The second-order valence-corrected chi connectivity index (χ2v) is 3.28. The first-order valence-electron chi connectivity index (χ1n) is 4.48. The van der Waals surface area contributed by atoms with Crippen molar-refractivity contribution < 1.29 is 24.2 Å². The van der Waals surface area contributed by atoms with Crippen LogP contribution in [0.2, 0.25) is 0 Å². The fourth-order valence-corrected chi connectivity index (χ4v) is 1.13. The van der Waals surface area contributed by atoms with Crippen molar-refractivity contribution in [1.29, 1.82) is 0 Å². The molecule has 0 amide bonds. The molecule has 0 aliphatic heterocycles. The summed E-state index contributed by atoms with van der Waals surface area (Å²) in [5.41, 5.74) is 0. The normalized spacial score (nSPS) is 11.4. The highest BCUT2D eigenvalue weighted by Gasteiger charge is 2.15. The van der Waals surface area contributed by atoms with E-state index in [4.69, 9.17) is 26.2 Å². The number of allylic oxidation sites excluding steroid dienone is 1. The lowest BCUT2D eigenvalue weighted by Gasteiger charge is -2.07. The van der Waals surface area contributed by atoms with Crippen LogP contribution in [-0.4, -0.2) is 24.5 Å². The van der Waals surface area contributed by atoms with Crippen molar-refractivity contribution in [2.45, 2.75) is 0 Å². The number of halogens is 1. The molecule has 5 nitrogen and oxygen atoms in total. The largest absolute Gasteiger partial charge is 0.497 e. The molecule has 90 valence electrons. The summed E-state index contributed by atoms with van der Waals surface area (Å²) >= 11 is 5.42. The van der Waals surface area contributed by atoms with Crippen LogP contribution in [0, 0.1) is 0 Å². The quantitative estimate of drug-likeness (QED) is 0.494. The minimum absolute atomic E-state index is 0.203. The number of carbonyl (C=O) groups excluding carboxylic acids is 1. The van der Waals surface area contributed by atoms with Crippen LogP contribution in [0.25, 0.3) is 0 Å². The molecule has 0 spiro atoms. The number of hydrogen-bond donors (Lipinski definition) is 1. The van der Waals surface area contributed by atoms with Gasteiger partial charge in [-0.25, -0.2) is 4.79 Å². The molecule has 0 saturated heterocycles. The van der Waals surface area contributed by atoms with Crippen LogP contribution < -0.4 is 9.47 Å². The van der Waals surface area contributed by atoms with Gasteiger partial charge in [0.05, 0.1) is 7.11 Å². The molecule has 0 fully saturated rings. The topological polar surface area (TPSA) is 72.8 Å². The maximum atomic E-state index is 10.8. The van der Waals surface area contributed by atoms with Gasteiger partial charge in [-0.15, -0.1) is 0 Å². The van der Waals surface area contributed by atoms with Crippen LogP contribution in [0.5, 0.6) is 11.5 Å². The van der Waals surface area contributed by atoms with Crippen LogP contribution in [0.4, 0.5) is 0 Å². The summed E-state index contributed by atoms with van der Waals surface area (Å²) in [6.45, 7) is 0. The van der Waals surface area contributed by atoms with Crippen molar-refractivity contribution in [3.63, 3.8) is 0 Å². The first-order valence-corrected chi connectivity index (χ1v) is 4.86. The summed E-state index contributed by atoms with van der Waals surface area (Å²) in [6, 6.07) is 6.17. The first kappa shape index (κ1) is 13.1. The van der Waals surface area contributed by atoms with Crippen molar-refractivity contribution in [2.75, 3.05) is 7.11 Å². The third kappa shape index (κ3) is 3.49. The molecule has 1 aromatic carbocycles. The van der Waals surface area contributed by atoms with Crippen molar-refractivity contribution in [1.82, 2.24) is 0 Å². The third-order valence-corrected chi connectivity index (χ3v) is 2.05. The standard InChI is InChI=1S/C11H9ClO5/c1-16-7-2-4-8(5-3-7)17-10(11(14)15)9(12)6-13/h2-6H,1H3,(H,14,15)/b10-9-. The average Bonchev–Trinajstić information content (AvgIpc) is 2.35. The van der Waals surface area contributed by atoms with Gasteiger partial charge < -0.3 is 14.6 Å². The molecule has 0 saturated carbocycles. The van der Waals surface area contributed by atoms with E-state index in [1.54, 1.807) is 12.1 Å². The van der Waals surface area contributed by atoms with Crippen LogP contribution in [0.1, 0.15) is 0 Å². The maximum Gasteiger partial charge on any atom is 0.373 e. The smallest absolute Gasteiger partial charge is 0.373 e. The Morgan fingerprint density at radius 3 is 2.24 bits per heavy atom. The summed E-state index contributed by atoms with van der Waals surface area (Å²) in [4.78, 5) is 21.2. The number of ether oxygens (including phenoxy) is 2. The first-order chi connectivity index (χ1) is 8.08. The van der Waals surface area contributed by atoms with Crippen LogP contribution >= 0.6 is 11.6 Å². The molecule has 1 aromatic rings. The van der Waals surface area contributed by atoms with Gasteiger partial charge in [0.2, 0.25) is 5.76 Å². The van der Waals surface area contributed by atoms with E-state index in [9.17, 15) is 9.59 Å². The molecule has 1 N–H and O–H groups in total. The summed E-state index contributed by atoms with van der Waals surface area (Å²) < 4.78 is 9.91. The molecule has 0 aliphatic rings. The van der Waals surface area contributed by atoms with E-state index in [0.717, 1.165) is 0 Å². The third-order valence-electron chi connectivity index (χ3n) is 1.79. The van der Waals surface area contributed by atoms with E-state index in [1.165, 1.54) is 19.2 Å². The van der Waals surface area contributed by atoms with Gasteiger partial charge in [-0.1, -0.05) is 11.6 Å². The Labute approximate surface area is 102 Å². The van der Waals surface area contributed by atoms with Crippen LogP contribution in [-0.2, 0) is 9.59 Å². The molecule has 6 heteroatoms. The van der Waals surface area contributed by atoms with E-state index in [0.29, 0.717) is 5.75 Å². The van der Waals surface area contributed by atoms with Gasteiger partial charge in [0.15, 0.2) is 6.29 Å². The lowest BCUT2D eigenvalue weighted by molar-refractivity contribution is -0.135. The minimum Gasteiger partial charge on any atom is -0.497 e. The molecule has 0 radical (unpaired) electrons. The van der Waals surface area contributed by atoms with Gasteiger partial charge in [0.1, 0.15) is 16.5 Å². The fourth-order valence-electron chi connectivity index (χ4n) is 1.01. The van der Waals surface area contributed by atoms with Gasteiger partial charge in [-0.2, -0.15) is 0 Å². The van der Waals surface area contributed by atoms with Gasteiger partial charge in [-0.05, 0) is 24.3 Å². The maximum absolute atomic E-state index is 10.8. The minimum atomic E-state index is -1.42. The summed E-state index contributed by atoms with van der Waals surface area (Å²) in [6.07, 6.45) is 0.203. The number of aliphatic carboxylic acids is 1. The Balaban J connectivity index is 2.94. The molecule has 0 aromatic heterocycles. The SMILES string of the molecule is COc1ccc(O/C(C(=O)O)=C(\Cl)C=O)cc1. The van der Waals surface area contributed by atoms with Crippen molar-refractivity contribution in [2.24, 2.45) is 0 Å². The molecule has 0 atom stereocenters. The zero-order chi connectivity index (χ0) is 12.8. The Morgan fingerprint density at radius 2 is 1.82 bits per heavy atom. The van der Waals surface area contributed by atoms with Crippen LogP contribution in [0.3, 0.4) is 0 Å². The predicted octanol–water partition coefficient (Wildman–Crippen LogP) is 1.81. The molecular weight excluding hydrogens is 248 g/mol. The molecule has 0 heterocycles. The summed E-state index contributed by atoms with van der Waals surface area (Å²) in [5, 5.41) is 8.28. The highest BCUT2D eigenvalue weighted by Crippen LogP contribution is 2.20. The van der Waals surface area contributed by atoms with Crippen molar-refractivity contribution in [3.05, 3.63) is 35.1 Å². The Bertz CT molecular complexity index is 449. The number of methoxy groups -OCH3 is 1. The lowest BCUT2D eigenvalue weighted by Crippen LogP contribution is -2.10. The molecule has 0 aliphatic carbocycles. The van der Waals surface area contributed by atoms with E-state index < -0.39 is 16.8 Å². The highest BCUT2D eigenvalue weighted by atomic mass is 35.5. The number of aldehydes is 1. The molecule has 0 unspecified atom stereocenters. The van der Waals surface area contributed by atoms with E-state index in [2.05, 4.69) is 0 Å². The summed E-state index contributed by atoms with van der Waals surface area (Å²) in [7, 11) is 1.50. The lowest BCUT2D eigenvalue weighted by atomic mass is 10.3. The second kappa shape index (κ2) is 5.91. The fraction of sp³-hybridized carbons (Fsp3) is 0.0909. The van der Waals surface area contributed by atoms with Gasteiger partial charge in [0.25, 0.3) is 0 Å². The van der Waals surface area contributed by atoms with Crippen molar-refractivity contribution in [3.8, 4) is 11.5 Å². The Kier molecular flexibility index (Phi) is 4.54.